The van der Waals surface area contributed by atoms with Crippen LogP contribution < -0.4 is 5.32 Å². The first-order chi connectivity index (χ1) is 7.58. The highest BCUT2D eigenvalue weighted by molar-refractivity contribution is 5.95. The molecule has 1 rings (SSSR count). The van der Waals surface area contributed by atoms with Crippen molar-refractivity contribution in [3.8, 4) is 0 Å². The SMILES string of the molecule is CCC(CCO)NC(=O)c1cn(C)nc1C. The second-order valence-corrected chi connectivity index (χ2v) is 3.89. The molecule has 1 aromatic heterocycles. The summed E-state index contributed by atoms with van der Waals surface area (Å²) in [6.45, 7) is 3.88. The van der Waals surface area contributed by atoms with Gasteiger partial charge in [0.15, 0.2) is 0 Å². The Morgan fingerprint density at radius 1 is 1.69 bits per heavy atom. The number of nitrogens with one attached hydrogen (secondary N) is 1. The van der Waals surface area contributed by atoms with Gasteiger partial charge >= 0.3 is 0 Å². The van der Waals surface area contributed by atoms with E-state index in [0.29, 0.717) is 12.0 Å². The molecule has 0 fully saturated rings. The minimum atomic E-state index is -0.120. The third kappa shape index (κ3) is 3.06. The second kappa shape index (κ2) is 5.65. The summed E-state index contributed by atoms with van der Waals surface area (Å²) in [5.41, 5.74) is 1.32. The van der Waals surface area contributed by atoms with Crippen LogP contribution in [0.5, 0.6) is 0 Å². The number of rotatable bonds is 5. The fourth-order valence-corrected chi connectivity index (χ4v) is 1.62. The highest BCUT2D eigenvalue weighted by Crippen LogP contribution is 2.06. The molecule has 0 aromatic carbocycles. The van der Waals surface area contributed by atoms with E-state index in [4.69, 9.17) is 5.11 Å². The monoisotopic (exact) mass is 225 g/mol. The Hall–Kier alpha value is -1.36. The highest BCUT2D eigenvalue weighted by Gasteiger charge is 2.15. The maximum Gasteiger partial charge on any atom is 0.254 e. The first-order valence-corrected chi connectivity index (χ1v) is 5.50. The van der Waals surface area contributed by atoms with Gasteiger partial charge in [-0.15, -0.1) is 0 Å². The topological polar surface area (TPSA) is 67.2 Å². The summed E-state index contributed by atoms with van der Waals surface area (Å²) >= 11 is 0. The van der Waals surface area contributed by atoms with Crippen molar-refractivity contribution in [2.24, 2.45) is 7.05 Å². The Kier molecular flexibility index (Phi) is 4.49. The van der Waals surface area contributed by atoms with E-state index in [1.807, 2.05) is 13.8 Å². The number of hydrogen-bond donors (Lipinski definition) is 2. The third-order valence-electron chi connectivity index (χ3n) is 2.56. The molecular weight excluding hydrogens is 206 g/mol. The van der Waals surface area contributed by atoms with Gasteiger partial charge in [-0.1, -0.05) is 6.92 Å². The maximum atomic E-state index is 11.9. The van der Waals surface area contributed by atoms with Crippen LogP contribution in [0.2, 0.25) is 0 Å². The van der Waals surface area contributed by atoms with Crippen LogP contribution in [0.3, 0.4) is 0 Å². The Labute approximate surface area is 95.5 Å². The summed E-state index contributed by atoms with van der Waals surface area (Å²) in [4.78, 5) is 11.9. The van der Waals surface area contributed by atoms with Crippen molar-refractivity contribution >= 4 is 5.91 Å². The van der Waals surface area contributed by atoms with Gasteiger partial charge in [0.2, 0.25) is 0 Å². The van der Waals surface area contributed by atoms with Crippen molar-refractivity contribution < 1.29 is 9.90 Å². The Balaban J connectivity index is 2.67. The number of amides is 1. The molecule has 0 saturated heterocycles. The van der Waals surface area contributed by atoms with Crippen LogP contribution in [0.15, 0.2) is 6.20 Å². The minimum absolute atomic E-state index is 0.0251. The van der Waals surface area contributed by atoms with Gasteiger partial charge in [0, 0.05) is 25.9 Å². The van der Waals surface area contributed by atoms with Crippen LogP contribution in [0.25, 0.3) is 0 Å². The molecule has 90 valence electrons. The Bertz CT molecular complexity index is 360. The lowest BCUT2D eigenvalue weighted by Crippen LogP contribution is -2.35. The molecule has 2 N–H and O–H groups in total. The molecule has 1 aromatic rings. The summed E-state index contributed by atoms with van der Waals surface area (Å²) in [6.07, 6.45) is 3.10. The van der Waals surface area contributed by atoms with Crippen molar-refractivity contribution in [2.75, 3.05) is 6.61 Å². The van der Waals surface area contributed by atoms with Crippen molar-refractivity contribution in [2.45, 2.75) is 32.7 Å². The molecule has 1 heterocycles. The summed E-state index contributed by atoms with van der Waals surface area (Å²) in [5.74, 6) is -0.120. The molecule has 5 nitrogen and oxygen atoms in total. The zero-order valence-corrected chi connectivity index (χ0v) is 10.0. The van der Waals surface area contributed by atoms with E-state index in [1.54, 1.807) is 17.9 Å². The molecule has 1 atom stereocenters. The molecule has 1 unspecified atom stereocenters. The number of carbonyl (C=O) groups excluding carboxylic acids is 1. The second-order valence-electron chi connectivity index (χ2n) is 3.89. The molecule has 1 amide bonds. The Morgan fingerprint density at radius 2 is 2.38 bits per heavy atom. The van der Waals surface area contributed by atoms with Gasteiger partial charge in [-0.25, -0.2) is 0 Å². The third-order valence-corrected chi connectivity index (χ3v) is 2.56. The molecule has 0 bridgehead atoms. The normalized spacial score (nSPS) is 12.5. The zero-order chi connectivity index (χ0) is 12.1. The molecule has 0 saturated carbocycles. The summed E-state index contributed by atoms with van der Waals surface area (Å²) < 4.78 is 1.62. The van der Waals surface area contributed by atoms with E-state index < -0.39 is 0 Å². The lowest BCUT2D eigenvalue weighted by molar-refractivity contribution is 0.0928. The van der Waals surface area contributed by atoms with E-state index in [0.717, 1.165) is 12.1 Å². The van der Waals surface area contributed by atoms with E-state index >= 15 is 0 Å². The average Bonchev–Trinajstić information content (AvgIpc) is 2.57. The summed E-state index contributed by atoms with van der Waals surface area (Å²) in [5, 5.41) is 15.8. The largest absolute Gasteiger partial charge is 0.396 e. The standard InChI is InChI=1S/C11H19N3O2/c1-4-9(5-6-15)12-11(16)10-7-14(3)13-8(10)2/h7,9,15H,4-6H2,1-3H3,(H,12,16). The van der Waals surface area contributed by atoms with Crippen molar-refractivity contribution in [3.05, 3.63) is 17.5 Å². The Morgan fingerprint density at radius 3 is 2.81 bits per heavy atom. The predicted molar refractivity (Wildman–Crippen MR) is 61.2 cm³/mol. The van der Waals surface area contributed by atoms with Crippen LogP contribution in [-0.2, 0) is 7.05 Å². The zero-order valence-electron chi connectivity index (χ0n) is 10.0. The number of aliphatic hydroxyl groups is 1. The molecule has 0 aliphatic heterocycles. The fourth-order valence-electron chi connectivity index (χ4n) is 1.62. The molecular formula is C11H19N3O2. The number of aryl methyl sites for hydroxylation is 2. The van der Waals surface area contributed by atoms with E-state index in [2.05, 4.69) is 10.4 Å². The highest BCUT2D eigenvalue weighted by atomic mass is 16.3. The van der Waals surface area contributed by atoms with Gasteiger partial charge in [0.25, 0.3) is 5.91 Å². The first kappa shape index (κ1) is 12.7. The molecule has 5 heteroatoms. The molecule has 0 aliphatic carbocycles. The van der Waals surface area contributed by atoms with Crippen LogP contribution in [0, 0.1) is 6.92 Å². The van der Waals surface area contributed by atoms with Gasteiger partial charge in [-0.05, 0) is 19.8 Å². The summed E-state index contributed by atoms with van der Waals surface area (Å²) in [6, 6.07) is 0.0251. The quantitative estimate of drug-likeness (QED) is 0.772. The van der Waals surface area contributed by atoms with Gasteiger partial charge < -0.3 is 10.4 Å². The van der Waals surface area contributed by atoms with Gasteiger partial charge in [0.1, 0.15) is 0 Å². The van der Waals surface area contributed by atoms with E-state index in [9.17, 15) is 4.79 Å². The number of hydrogen-bond acceptors (Lipinski definition) is 3. The van der Waals surface area contributed by atoms with Gasteiger partial charge in [0.05, 0.1) is 11.3 Å². The fraction of sp³-hybridized carbons (Fsp3) is 0.636. The molecule has 0 aliphatic rings. The van der Waals surface area contributed by atoms with Gasteiger partial charge in [-0.2, -0.15) is 5.10 Å². The summed E-state index contributed by atoms with van der Waals surface area (Å²) in [7, 11) is 1.79. The lowest BCUT2D eigenvalue weighted by atomic mass is 10.1. The smallest absolute Gasteiger partial charge is 0.254 e. The number of aromatic nitrogens is 2. The average molecular weight is 225 g/mol. The molecule has 0 radical (unpaired) electrons. The number of carbonyl (C=O) groups is 1. The van der Waals surface area contributed by atoms with E-state index in [1.165, 1.54) is 0 Å². The predicted octanol–water partition coefficient (Wildman–Crippen LogP) is 0.619. The van der Waals surface area contributed by atoms with Crippen molar-refractivity contribution in [1.29, 1.82) is 0 Å². The molecule has 0 spiro atoms. The number of nitrogens with zero attached hydrogens (tertiary/aromatic N) is 2. The molecule has 16 heavy (non-hydrogen) atoms. The van der Waals surface area contributed by atoms with Crippen LogP contribution in [0.1, 0.15) is 35.8 Å². The van der Waals surface area contributed by atoms with Crippen molar-refractivity contribution in [3.63, 3.8) is 0 Å². The minimum Gasteiger partial charge on any atom is -0.396 e. The lowest BCUT2D eigenvalue weighted by Gasteiger charge is -2.15. The van der Waals surface area contributed by atoms with Crippen LogP contribution in [-0.4, -0.2) is 33.4 Å². The first-order valence-electron chi connectivity index (χ1n) is 5.50. The number of aliphatic hydroxyl groups excluding tert-OH is 1. The van der Waals surface area contributed by atoms with Crippen LogP contribution >= 0.6 is 0 Å². The van der Waals surface area contributed by atoms with Crippen LogP contribution in [0.4, 0.5) is 0 Å². The van der Waals surface area contributed by atoms with Crippen molar-refractivity contribution in [1.82, 2.24) is 15.1 Å². The van der Waals surface area contributed by atoms with Gasteiger partial charge in [-0.3, -0.25) is 9.48 Å². The maximum absolute atomic E-state index is 11.9. The van der Waals surface area contributed by atoms with E-state index in [-0.39, 0.29) is 18.6 Å².